The van der Waals surface area contributed by atoms with Gasteiger partial charge in [-0.1, -0.05) is 26.7 Å². The Hall–Kier alpha value is -0.200. The van der Waals surface area contributed by atoms with Crippen LogP contribution in [0.25, 0.3) is 0 Å². The maximum absolute atomic E-state index is 11.1. The van der Waals surface area contributed by atoms with Gasteiger partial charge in [0, 0.05) is 0 Å². The average molecular weight is 369 g/mol. The van der Waals surface area contributed by atoms with Crippen molar-refractivity contribution in [2.24, 2.45) is 40.4 Å². The number of hydrogen-bond acceptors (Lipinski definition) is 5. The zero-order chi connectivity index (χ0) is 18.9. The Labute approximate surface area is 156 Å². The summed E-state index contributed by atoms with van der Waals surface area (Å²) >= 11 is 0. The molecule has 4 aliphatic rings. The minimum absolute atomic E-state index is 0.232. The van der Waals surface area contributed by atoms with E-state index in [9.17, 15) is 25.5 Å². The van der Waals surface area contributed by atoms with E-state index in [0.717, 1.165) is 25.7 Å². The minimum atomic E-state index is -3.05. The molecule has 0 aromatic rings. The van der Waals surface area contributed by atoms with Crippen LogP contribution in [0.4, 0.5) is 0 Å². The summed E-state index contributed by atoms with van der Waals surface area (Å²) in [4.78, 5) is 0. The van der Waals surface area contributed by atoms with E-state index in [1.54, 1.807) is 0 Å². The highest BCUT2D eigenvalue weighted by atomic mass is 16.7. The summed E-state index contributed by atoms with van der Waals surface area (Å²) in [6.45, 7) is 4.58. The Kier molecular flexibility index (Phi) is 4.52. The van der Waals surface area contributed by atoms with Gasteiger partial charge >= 0.3 is 5.97 Å². The second-order valence-corrected chi connectivity index (χ2v) is 10.4. The highest BCUT2D eigenvalue weighted by Crippen LogP contribution is 2.68. The molecule has 4 rings (SSSR count). The smallest absolute Gasteiger partial charge is 0.303 e. The third kappa shape index (κ3) is 2.61. The summed E-state index contributed by atoms with van der Waals surface area (Å²) in [5.74, 6) is -1.75. The first kappa shape index (κ1) is 19.1. The van der Waals surface area contributed by atoms with Crippen LogP contribution in [-0.2, 0) is 0 Å². The Morgan fingerprint density at radius 2 is 1.58 bits per heavy atom. The normalized spacial score (nSPS) is 52.7. The molecule has 5 N–H and O–H groups in total. The number of fused-ring (bicyclic) bond motifs is 5. The predicted molar refractivity (Wildman–Crippen MR) is 96.6 cm³/mol. The Morgan fingerprint density at radius 3 is 2.27 bits per heavy atom. The molecule has 0 amide bonds. The van der Waals surface area contributed by atoms with Gasteiger partial charge < -0.3 is 25.5 Å². The molecule has 0 radical (unpaired) electrons. The summed E-state index contributed by atoms with van der Waals surface area (Å²) in [5.41, 5.74) is 0.0493. The molecule has 5 heteroatoms. The van der Waals surface area contributed by atoms with Crippen LogP contribution >= 0.6 is 0 Å². The summed E-state index contributed by atoms with van der Waals surface area (Å²) in [6.07, 6.45) is 7.60. The average Bonchev–Trinajstić information content (AvgIpc) is 2.91. The van der Waals surface area contributed by atoms with Crippen molar-refractivity contribution < 1.29 is 25.5 Å². The second-order valence-electron chi connectivity index (χ2n) is 10.4. The molecule has 26 heavy (non-hydrogen) atoms. The van der Waals surface area contributed by atoms with Crippen LogP contribution in [0, 0.1) is 40.4 Å². The van der Waals surface area contributed by atoms with E-state index in [1.165, 1.54) is 25.7 Å². The lowest BCUT2D eigenvalue weighted by atomic mass is 9.44. The molecule has 0 bridgehead atoms. The molecule has 2 unspecified atom stereocenters. The molecule has 5 nitrogen and oxygen atoms in total. The van der Waals surface area contributed by atoms with Gasteiger partial charge in [-0.3, -0.25) is 0 Å². The Morgan fingerprint density at radius 1 is 0.885 bits per heavy atom. The first-order valence-corrected chi connectivity index (χ1v) is 10.6. The van der Waals surface area contributed by atoms with Gasteiger partial charge in [0.2, 0.25) is 0 Å². The molecule has 9 atom stereocenters. The standard InChI is InChI=1S/C21H36O5/c1-19-9-4-3-5-12(19)11-16(22)17-13-6-7-15(18(23)21(24,25)26)20(13,2)10-8-14(17)19/h12-18,22-26H,3-11H2,1-2H3/t12?,13-,14-,15+,16+,17-,18?,19-,20-/m0/s1. The Bertz CT molecular complexity index is 545. The molecule has 4 saturated carbocycles. The predicted octanol–water partition coefficient (Wildman–Crippen LogP) is 2.00. The van der Waals surface area contributed by atoms with Crippen molar-refractivity contribution in [2.75, 3.05) is 0 Å². The number of hydrogen-bond donors (Lipinski definition) is 5. The molecule has 4 fully saturated rings. The van der Waals surface area contributed by atoms with Gasteiger partial charge in [-0.25, -0.2) is 0 Å². The monoisotopic (exact) mass is 368 g/mol. The lowest BCUT2D eigenvalue weighted by Gasteiger charge is -2.62. The van der Waals surface area contributed by atoms with Gasteiger partial charge in [0.1, 0.15) is 6.10 Å². The van der Waals surface area contributed by atoms with E-state index >= 15 is 0 Å². The molecule has 4 aliphatic carbocycles. The van der Waals surface area contributed by atoms with E-state index in [2.05, 4.69) is 13.8 Å². The molecule has 0 spiro atoms. The second kappa shape index (κ2) is 6.15. The van der Waals surface area contributed by atoms with Gasteiger partial charge in [0.05, 0.1) is 6.10 Å². The topological polar surface area (TPSA) is 101 Å². The highest BCUT2D eigenvalue weighted by Gasteiger charge is 2.63. The van der Waals surface area contributed by atoms with Crippen molar-refractivity contribution >= 4 is 0 Å². The third-order valence-electron chi connectivity index (χ3n) is 9.45. The third-order valence-corrected chi connectivity index (χ3v) is 9.45. The quantitative estimate of drug-likeness (QED) is 0.480. The van der Waals surface area contributed by atoms with Gasteiger partial charge in [0.25, 0.3) is 0 Å². The van der Waals surface area contributed by atoms with Crippen LogP contribution in [0.1, 0.15) is 71.6 Å². The van der Waals surface area contributed by atoms with Gasteiger partial charge in [-0.05, 0) is 85.4 Å². The molecule has 0 aromatic carbocycles. The summed E-state index contributed by atoms with van der Waals surface area (Å²) in [6, 6.07) is 0. The molecule has 0 saturated heterocycles. The lowest BCUT2D eigenvalue weighted by Crippen LogP contribution is -2.59. The molecular weight excluding hydrogens is 332 g/mol. The van der Waals surface area contributed by atoms with Crippen LogP contribution in [0.3, 0.4) is 0 Å². The van der Waals surface area contributed by atoms with Gasteiger partial charge in [0.15, 0.2) is 0 Å². The van der Waals surface area contributed by atoms with Crippen molar-refractivity contribution in [2.45, 2.75) is 89.8 Å². The first-order chi connectivity index (χ1) is 12.1. The molecule has 150 valence electrons. The van der Waals surface area contributed by atoms with Crippen molar-refractivity contribution in [3.05, 3.63) is 0 Å². The highest BCUT2D eigenvalue weighted by molar-refractivity contribution is 5.11. The summed E-state index contributed by atoms with van der Waals surface area (Å²) in [7, 11) is 0. The number of rotatable bonds is 2. The first-order valence-electron chi connectivity index (χ1n) is 10.6. The number of aliphatic hydroxyl groups is 5. The van der Waals surface area contributed by atoms with Crippen molar-refractivity contribution in [1.82, 2.24) is 0 Å². The van der Waals surface area contributed by atoms with Crippen LogP contribution in [0.15, 0.2) is 0 Å². The van der Waals surface area contributed by atoms with E-state index in [1.807, 2.05) is 0 Å². The SMILES string of the molecule is C[C@]12CC[C@H]3[C@@H]([C@H](O)CC4CCCC[C@@]43C)[C@@H]1CC[C@@H]2C(O)C(O)(O)O. The fourth-order valence-corrected chi connectivity index (χ4v) is 8.08. The lowest BCUT2D eigenvalue weighted by molar-refractivity contribution is -0.368. The van der Waals surface area contributed by atoms with Crippen molar-refractivity contribution in [3.8, 4) is 0 Å². The largest absolute Gasteiger partial charge is 0.393 e. The van der Waals surface area contributed by atoms with Gasteiger partial charge in [-0.2, -0.15) is 0 Å². The molecule has 0 aromatic heterocycles. The Balaban J connectivity index is 1.64. The van der Waals surface area contributed by atoms with Crippen molar-refractivity contribution in [1.29, 1.82) is 0 Å². The van der Waals surface area contributed by atoms with E-state index in [0.29, 0.717) is 23.7 Å². The minimum Gasteiger partial charge on any atom is -0.393 e. The zero-order valence-corrected chi connectivity index (χ0v) is 16.1. The van der Waals surface area contributed by atoms with E-state index in [4.69, 9.17) is 0 Å². The van der Waals surface area contributed by atoms with Crippen LogP contribution in [-0.4, -0.2) is 43.7 Å². The van der Waals surface area contributed by atoms with Crippen LogP contribution in [0.2, 0.25) is 0 Å². The zero-order valence-electron chi connectivity index (χ0n) is 16.1. The molecule has 0 heterocycles. The fourth-order valence-electron chi connectivity index (χ4n) is 8.08. The summed E-state index contributed by atoms with van der Waals surface area (Å²) < 4.78 is 0. The molecule has 0 aliphatic heterocycles. The van der Waals surface area contributed by atoms with E-state index in [-0.39, 0.29) is 29.3 Å². The molecular formula is C21H36O5. The maximum Gasteiger partial charge on any atom is 0.303 e. The maximum atomic E-state index is 11.1. The van der Waals surface area contributed by atoms with Gasteiger partial charge in [-0.15, -0.1) is 0 Å². The fraction of sp³-hybridized carbons (Fsp3) is 1.00. The number of aliphatic hydroxyl groups excluding tert-OH is 2. The summed E-state index contributed by atoms with van der Waals surface area (Å²) in [5, 5.41) is 50.1. The van der Waals surface area contributed by atoms with Crippen molar-refractivity contribution in [3.63, 3.8) is 0 Å². The van der Waals surface area contributed by atoms with E-state index < -0.39 is 12.1 Å². The van der Waals surface area contributed by atoms with Crippen LogP contribution < -0.4 is 0 Å². The van der Waals surface area contributed by atoms with Crippen LogP contribution in [0.5, 0.6) is 0 Å².